The van der Waals surface area contributed by atoms with Crippen molar-refractivity contribution in [3.05, 3.63) is 0 Å². The quantitative estimate of drug-likeness (QED) is 0.0757. The van der Waals surface area contributed by atoms with Crippen LogP contribution in [-0.2, 0) is 0 Å². The molecule has 0 aliphatic carbocycles. The molecule has 56 heteroatoms. The van der Waals surface area contributed by atoms with Crippen LogP contribution in [0.15, 0.2) is 0 Å². The second-order valence-corrected chi connectivity index (χ2v) is 1320. The molecule has 0 aliphatic heterocycles. The van der Waals surface area contributed by atoms with Gasteiger partial charge in [0, 0.05) is 0 Å². The van der Waals surface area contributed by atoms with Crippen molar-refractivity contribution in [3.63, 3.8) is 0 Å². The van der Waals surface area contributed by atoms with E-state index in [4.69, 9.17) is 0 Å². The van der Waals surface area contributed by atoms with Gasteiger partial charge in [0.2, 0.25) is 0 Å². The Kier molecular flexibility index (Phi) is 101. The summed E-state index contributed by atoms with van der Waals surface area (Å²) in [5, 5.41) is 0. The Morgan fingerprint density at radius 1 is 0.0893 bits per heavy atom. The third-order valence-electron chi connectivity index (χ3n) is 2.12. The molecule has 0 amide bonds. The molecule has 0 fully saturated rings. The van der Waals surface area contributed by atoms with Crippen molar-refractivity contribution in [2.45, 2.75) is 0 Å². The number of halogens is 56. The molecule has 0 rings (SSSR count). The summed E-state index contributed by atoms with van der Waals surface area (Å²) in [6.07, 6.45) is 0. The van der Waals surface area contributed by atoms with Crippen molar-refractivity contribution in [2.75, 3.05) is 0 Å². The van der Waals surface area contributed by atoms with Crippen LogP contribution >= 0.6 is 753 Å². The summed E-state index contributed by atoms with van der Waals surface area (Å²) in [6.45, 7) is 0. The van der Waals surface area contributed by atoms with Gasteiger partial charge in [0.25, 0.3) is 0 Å². The van der Waals surface area contributed by atoms with E-state index in [0.29, 0.717) is 0 Å². The number of rotatable bonds is 26. The van der Waals surface area contributed by atoms with Crippen LogP contribution in [0.4, 0.5) is 0 Å². The summed E-state index contributed by atoms with van der Waals surface area (Å²) in [6, 6.07) is 0. The van der Waals surface area contributed by atoms with Gasteiger partial charge in [-0.1, -0.05) is 0 Å². The van der Waals surface area contributed by atoms with Crippen LogP contribution in [0.5, 0.6) is 0 Å². The standard InChI is InChI=1S/I56/c1-30(2)32(5)34(7)36(9)38(11)40(13)42(15)44(17)46(19)48(21)50(23)52(25)54(27)56(29)55(28)53(26)51(24)49(22)47(20)45(18)43(16)41(14)39(12)37(10)35(8)33(6)31(3)4. The molecule has 0 heterocycles. The van der Waals surface area contributed by atoms with E-state index < -0.39 is 213 Å². The van der Waals surface area contributed by atoms with Gasteiger partial charge in [0.15, 0.2) is 0 Å². The van der Waals surface area contributed by atoms with Gasteiger partial charge >= 0.3 is 753 Å². The topological polar surface area (TPSA) is 0 Å². The molecule has 0 atom stereocenters. The molecule has 0 aliphatic rings. The zero-order valence-corrected chi connectivity index (χ0v) is 142. The summed E-state index contributed by atoms with van der Waals surface area (Å²) in [5.41, 5.74) is 0. The molecule has 392 valence electrons. The van der Waals surface area contributed by atoms with Crippen LogP contribution in [0.1, 0.15) is 0 Å². The molecule has 0 spiro atoms. The number of hydrogen-bond acceptors (Lipinski definition) is 0. The monoisotopic (exact) mass is 7110 g/mol. The Morgan fingerprint density at radius 2 is 0.143 bits per heavy atom. The molecule has 0 radical (unpaired) electrons. The Bertz CT molecular complexity index is 943. The van der Waals surface area contributed by atoms with Crippen LogP contribution in [0.2, 0.25) is 0 Å². The molecular weight excluding hydrogens is 7110 g/mol. The van der Waals surface area contributed by atoms with Crippen LogP contribution in [0.3, 0.4) is 0 Å². The zero-order valence-electron chi connectivity index (χ0n) is 21.2. The molecule has 56 heavy (non-hydrogen) atoms. The fourth-order valence-corrected chi connectivity index (χ4v) is 10500. The molecule has 0 N–H and O–H groups in total. The van der Waals surface area contributed by atoms with Crippen molar-refractivity contribution in [2.24, 2.45) is 0 Å². The average Bonchev–Trinajstić information content (AvgIpc) is 3.18. The van der Waals surface area contributed by atoms with E-state index in [0.717, 1.165) is 0 Å². The average molecular weight is 7110 g/mol. The van der Waals surface area contributed by atoms with Gasteiger partial charge in [-0.3, -0.25) is 0 Å². The fraction of sp³-hybridized carbons (Fsp3) is 0. The maximum atomic E-state index is 3.41. The molecule has 0 unspecified atom stereocenters. The first-order valence-electron chi connectivity index (χ1n) is 7.86. The Balaban J connectivity index is 5.63. The molecule has 0 aromatic carbocycles. The van der Waals surface area contributed by atoms with E-state index >= 15 is 0 Å². The van der Waals surface area contributed by atoms with Gasteiger partial charge < -0.3 is 0 Å². The normalized spacial score (nSPS) is 18.9. The first-order valence-corrected chi connectivity index (χ1v) is 354. The molecular formula is I56. The van der Waals surface area contributed by atoms with E-state index in [1.165, 1.54) is 0 Å². The molecule has 0 aromatic heterocycles. The van der Waals surface area contributed by atoms with Crippen LogP contribution in [0, 0.1) is 0 Å². The molecule has 0 saturated carbocycles. The second-order valence-electron chi connectivity index (χ2n) is 4.37. The molecule has 0 aromatic rings. The van der Waals surface area contributed by atoms with Crippen molar-refractivity contribution in [3.8, 4) is 0 Å². The fourth-order valence-electron chi connectivity index (χ4n) is 0.771. The van der Waals surface area contributed by atoms with E-state index in [2.05, 4.69) is 540 Å². The SMILES string of the molecule is II(I)I(I)I(I)I(I)I(I)I(I)I(I)I(I)I(I)I(I)I(I)I(I)I(I)I(I)I(I)I(I)I(I)I(I)I(I)I(I)I(I)I(I)I(I)I(I)I(I)I(I)I(I)I. The Morgan fingerprint density at radius 3 is 0.196 bits per heavy atom. The molecule has 0 bridgehead atoms. The maximum absolute atomic E-state index is 3.41. The van der Waals surface area contributed by atoms with Crippen LogP contribution < -0.4 is 0 Å². The minimum atomic E-state index is -0.593. The van der Waals surface area contributed by atoms with E-state index in [1.54, 1.807) is 0 Å². The van der Waals surface area contributed by atoms with E-state index in [-0.39, 0.29) is 0 Å². The van der Waals surface area contributed by atoms with Crippen LogP contribution in [0.25, 0.3) is 0 Å². The van der Waals surface area contributed by atoms with Gasteiger partial charge in [-0.2, -0.15) is 0 Å². The summed E-state index contributed by atoms with van der Waals surface area (Å²) >= 11 is 95.4. The first-order chi connectivity index (χ1) is 25.4. The van der Waals surface area contributed by atoms with Gasteiger partial charge in [-0.05, 0) is 0 Å². The zero-order chi connectivity index (χ0) is 44.6. The molecule has 0 nitrogen and oxygen atoms in total. The third-order valence-corrected chi connectivity index (χ3v) is 4300. The van der Waals surface area contributed by atoms with Gasteiger partial charge in [-0.25, -0.2) is 0 Å². The van der Waals surface area contributed by atoms with Crippen molar-refractivity contribution >= 4 is 753 Å². The summed E-state index contributed by atoms with van der Waals surface area (Å²) < 4.78 is 0. The van der Waals surface area contributed by atoms with Crippen molar-refractivity contribution in [1.29, 1.82) is 0 Å². The Labute approximate surface area is 708 Å². The molecule has 0 saturated heterocycles. The predicted octanol–water partition coefficient (Wildman–Crippen LogP) is 49.6. The van der Waals surface area contributed by atoms with Crippen LogP contribution in [-0.4, -0.2) is 0 Å². The predicted molar refractivity (Wildman–Crippen MR) is 785 cm³/mol. The third kappa shape index (κ3) is 39.8. The van der Waals surface area contributed by atoms with E-state index in [9.17, 15) is 0 Å². The van der Waals surface area contributed by atoms with E-state index in [1.807, 2.05) is 0 Å². The summed E-state index contributed by atoms with van der Waals surface area (Å²) in [7, 11) is -14.8. The first kappa shape index (κ1) is 96.9. The van der Waals surface area contributed by atoms with Crippen molar-refractivity contribution in [1.82, 2.24) is 0 Å². The summed E-state index contributed by atoms with van der Waals surface area (Å²) in [4.78, 5) is 0. The second kappa shape index (κ2) is 58.1. The van der Waals surface area contributed by atoms with Gasteiger partial charge in [0.05, 0.1) is 0 Å². The number of hydrogen-bond donors (Lipinski definition) is 0. The Hall–Kier alpha value is 40.9. The minimum absolute atomic E-state index is 0.469. The van der Waals surface area contributed by atoms with Gasteiger partial charge in [-0.15, -0.1) is 0 Å². The summed E-state index contributed by atoms with van der Waals surface area (Å²) in [5.74, 6) is 0. The van der Waals surface area contributed by atoms with Gasteiger partial charge in [0.1, 0.15) is 0 Å². The van der Waals surface area contributed by atoms with Crippen molar-refractivity contribution < 1.29 is 0 Å².